The summed E-state index contributed by atoms with van der Waals surface area (Å²) >= 11 is 0. The van der Waals surface area contributed by atoms with E-state index in [0.29, 0.717) is 17.5 Å². The highest BCUT2D eigenvalue weighted by Gasteiger charge is 2.45. The number of unbranched alkanes of at least 4 members (excludes halogenated alkanes) is 15. The third-order valence-corrected chi connectivity index (χ3v) is 19.8. The SMILES string of the molecule is CCCCCCn1c(C=c2c(=O)c(=C3C=CC(=[N+](c4ccc5c(c4)C(CCCCCC)(CCCCCC)c4ccccc4-5)c4ccc5c(c4)C(CCCCCC)(CCCCCC)c4ccccc4-5)C=C3)c2=O)c2ccc(=C([O-])O)c3cccc1c23. The van der Waals surface area contributed by atoms with Crippen LogP contribution in [-0.2, 0) is 17.4 Å². The van der Waals surface area contributed by atoms with Crippen molar-refractivity contribution in [3.05, 3.63) is 204 Å². The number of fused-ring (bicyclic) bond motifs is 6. The van der Waals surface area contributed by atoms with E-state index in [-0.39, 0.29) is 37.3 Å². The lowest BCUT2D eigenvalue weighted by atomic mass is 9.70. The van der Waals surface area contributed by atoms with Gasteiger partial charge in [0.2, 0.25) is 27.9 Å². The van der Waals surface area contributed by atoms with E-state index in [1.807, 2.05) is 36.4 Å². The Hall–Kier alpha value is -7.31. The lowest BCUT2D eigenvalue weighted by molar-refractivity contribution is -0.283. The topological polar surface area (TPSA) is 85.4 Å². The highest BCUT2D eigenvalue weighted by molar-refractivity contribution is 6.13. The number of aromatic nitrogens is 1. The monoisotopic (exact) mass is 1130 g/mol. The fourth-order valence-corrected chi connectivity index (χ4v) is 15.5. The normalized spacial score (nSPS) is 14.8. The predicted octanol–water partition coefficient (Wildman–Crippen LogP) is 17.2. The van der Waals surface area contributed by atoms with Crippen molar-refractivity contribution in [2.45, 2.75) is 206 Å². The van der Waals surface area contributed by atoms with Crippen LogP contribution in [0.15, 0.2) is 149 Å². The summed E-state index contributed by atoms with van der Waals surface area (Å²) in [6, 6.07) is 42.4. The zero-order valence-corrected chi connectivity index (χ0v) is 51.6. The van der Waals surface area contributed by atoms with Gasteiger partial charge in [-0.1, -0.05) is 229 Å². The van der Waals surface area contributed by atoms with E-state index in [1.165, 1.54) is 147 Å². The van der Waals surface area contributed by atoms with Gasteiger partial charge >= 0.3 is 0 Å². The van der Waals surface area contributed by atoms with Crippen LogP contribution >= 0.6 is 0 Å². The van der Waals surface area contributed by atoms with Crippen LogP contribution in [-0.4, -0.2) is 15.4 Å². The first kappa shape index (κ1) is 59.4. The molecule has 440 valence electrons. The average molecular weight is 1130 g/mol. The van der Waals surface area contributed by atoms with Gasteiger partial charge in [-0.15, -0.1) is 0 Å². The van der Waals surface area contributed by atoms with Crippen LogP contribution in [0.25, 0.3) is 61.5 Å². The molecule has 0 fully saturated rings. The molecule has 8 aromatic rings. The maximum atomic E-state index is 14.6. The zero-order chi connectivity index (χ0) is 59.1. The molecule has 0 atom stereocenters. The van der Waals surface area contributed by atoms with Crippen LogP contribution in [0.5, 0.6) is 0 Å². The molecule has 85 heavy (non-hydrogen) atoms. The Morgan fingerprint density at radius 2 is 0.965 bits per heavy atom. The van der Waals surface area contributed by atoms with Gasteiger partial charge in [-0.25, -0.2) is 0 Å². The van der Waals surface area contributed by atoms with Crippen molar-refractivity contribution in [3.8, 4) is 22.3 Å². The van der Waals surface area contributed by atoms with Crippen LogP contribution in [0.4, 0.5) is 11.4 Å². The van der Waals surface area contributed by atoms with Crippen molar-refractivity contribution in [2.75, 3.05) is 0 Å². The fraction of sp³-hybridized carbons (Fsp3) is 0.405. The summed E-state index contributed by atoms with van der Waals surface area (Å²) in [5.41, 5.74) is 16.1. The Morgan fingerprint density at radius 3 is 1.45 bits per heavy atom. The number of benzene rings is 6. The second-order valence-electron chi connectivity index (χ2n) is 25.2. The molecule has 0 saturated heterocycles. The van der Waals surface area contributed by atoms with Crippen LogP contribution in [0.3, 0.4) is 0 Å². The Labute approximate surface area is 505 Å². The minimum absolute atomic E-state index is 0.100. The first-order chi connectivity index (χ1) is 41.6. The smallest absolute Gasteiger partial charge is 0.212 e. The number of nitrogens with zero attached hydrogens (tertiary/aromatic N) is 2. The molecule has 1 heterocycles. The molecular formula is C79H90N2O4. The van der Waals surface area contributed by atoms with Crippen molar-refractivity contribution in [1.29, 1.82) is 0 Å². The van der Waals surface area contributed by atoms with E-state index in [2.05, 4.69) is 141 Å². The van der Waals surface area contributed by atoms with E-state index in [0.717, 1.165) is 90.4 Å². The first-order valence-corrected chi connectivity index (χ1v) is 33.2. The Bertz CT molecular complexity index is 3890. The maximum absolute atomic E-state index is 14.6. The number of allylic oxidation sites excluding steroid dienone is 4. The van der Waals surface area contributed by atoms with Gasteiger partial charge in [-0.05, 0) is 124 Å². The van der Waals surface area contributed by atoms with Gasteiger partial charge in [0.25, 0.3) is 0 Å². The Balaban J connectivity index is 1.08. The van der Waals surface area contributed by atoms with Crippen molar-refractivity contribution < 1.29 is 10.2 Å². The molecule has 1 N–H and O–H groups in total. The van der Waals surface area contributed by atoms with E-state index < -0.39 is 5.95 Å². The van der Waals surface area contributed by atoms with Gasteiger partial charge in [0.05, 0.1) is 16.4 Å². The predicted molar refractivity (Wildman–Crippen MR) is 358 cm³/mol. The molecule has 6 nitrogen and oxygen atoms in total. The molecule has 0 unspecified atom stereocenters. The van der Waals surface area contributed by atoms with Gasteiger partial charge in [0.15, 0.2) is 0 Å². The second-order valence-corrected chi connectivity index (χ2v) is 25.2. The largest absolute Gasteiger partial charge is 0.629 e. The second kappa shape index (κ2) is 26.5. The number of aryl methyl sites for hydroxylation is 1. The Kier molecular flexibility index (Phi) is 18.5. The van der Waals surface area contributed by atoms with E-state index in [9.17, 15) is 19.8 Å². The Morgan fingerprint density at radius 1 is 0.494 bits per heavy atom. The molecule has 1 aromatic heterocycles. The van der Waals surface area contributed by atoms with Crippen molar-refractivity contribution >= 4 is 56.4 Å². The summed E-state index contributed by atoms with van der Waals surface area (Å²) in [5, 5.41) is 25.6. The van der Waals surface area contributed by atoms with E-state index in [4.69, 9.17) is 0 Å². The lowest BCUT2D eigenvalue weighted by Gasteiger charge is -2.33. The van der Waals surface area contributed by atoms with Crippen molar-refractivity contribution in [2.24, 2.45) is 0 Å². The molecule has 0 saturated carbocycles. The van der Waals surface area contributed by atoms with Crippen LogP contribution in [0, 0.1) is 0 Å². The summed E-state index contributed by atoms with van der Waals surface area (Å²) < 4.78 is 4.66. The summed E-state index contributed by atoms with van der Waals surface area (Å²) in [4.78, 5) is 29.2. The number of aliphatic hydroxyl groups excluding tert-OH is 1. The van der Waals surface area contributed by atoms with Gasteiger partial charge < -0.3 is 14.8 Å². The fourth-order valence-electron chi connectivity index (χ4n) is 15.5. The number of hydrogen-bond donors (Lipinski definition) is 1. The zero-order valence-electron chi connectivity index (χ0n) is 51.6. The molecule has 11 rings (SSSR count). The highest BCUT2D eigenvalue weighted by atomic mass is 16.5. The minimum atomic E-state index is -0.981. The maximum Gasteiger partial charge on any atom is 0.212 e. The van der Waals surface area contributed by atoms with Gasteiger partial charge in [0.1, 0.15) is 0 Å². The molecule has 0 amide bonds. The minimum Gasteiger partial charge on any atom is -0.629 e. The third-order valence-electron chi connectivity index (χ3n) is 19.8. The number of rotatable bonds is 28. The molecule has 0 aliphatic heterocycles. The summed E-state index contributed by atoms with van der Waals surface area (Å²) in [6.07, 6.45) is 38.2. The molecule has 0 bridgehead atoms. The van der Waals surface area contributed by atoms with Crippen LogP contribution in [0.2, 0.25) is 0 Å². The molecule has 3 aliphatic rings. The highest BCUT2D eigenvalue weighted by Crippen LogP contribution is 2.57. The molecule has 0 spiro atoms. The summed E-state index contributed by atoms with van der Waals surface area (Å²) in [7, 11) is 0. The average Bonchev–Trinajstić information content (AvgIpc) is 1.76. The molecular weight excluding hydrogens is 1040 g/mol. The van der Waals surface area contributed by atoms with E-state index >= 15 is 0 Å². The van der Waals surface area contributed by atoms with Crippen molar-refractivity contribution in [3.63, 3.8) is 0 Å². The lowest BCUT2D eigenvalue weighted by Crippen LogP contribution is -2.65. The number of hydrogen-bond acceptors (Lipinski definition) is 4. The third kappa shape index (κ3) is 11.2. The van der Waals surface area contributed by atoms with Gasteiger partial charge in [-0.2, -0.15) is 4.58 Å². The summed E-state index contributed by atoms with van der Waals surface area (Å²) in [5.74, 6) is -0.981. The van der Waals surface area contributed by atoms with Gasteiger partial charge in [0, 0.05) is 81.0 Å². The standard InChI is InChI=1S/C79H90N2O4/c1-6-11-16-25-47-78(48-26-17-12-7-2)67-34-23-21-31-59(67)61-43-41-57(52-69(61)78)81(58-42-44-62-60-32-22-24-35-68(60)79(70(62)53-58,49-27-18-13-8-3)50-28-19-14-9-4)56-39-37-55(38-40-56)73-75(82)66(76(73)83)54-72-65-46-45-64(77(84)85)63-33-30-36-71(74(63)65)80(72)51-29-20-15-10-5/h21-24,30-46,52-54H,6-20,25-29,47-51H2,1-5H3,(H-,82,83,84,85). The van der Waals surface area contributed by atoms with Gasteiger partial charge in [-0.3, -0.25) is 9.59 Å². The molecule has 0 radical (unpaired) electrons. The molecule has 6 heteroatoms. The van der Waals surface area contributed by atoms with Crippen molar-refractivity contribution in [1.82, 2.24) is 9.14 Å². The molecule has 7 aromatic carbocycles. The van der Waals surface area contributed by atoms with E-state index in [1.54, 1.807) is 12.1 Å². The molecule has 3 aliphatic carbocycles. The van der Waals surface area contributed by atoms with Crippen LogP contribution in [0.1, 0.15) is 217 Å². The number of aliphatic hydroxyl groups is 1. The van der Waals surface area contributed by atoms with Crippen LogP contribution < -0.4 is 36.2 Å². The first-order valence-electron chi connectivity index (χ1n) is 33.2. The summed E-state index contributed by atoms with van der Waals surface area (Å²) in [6.45, 7) is 12.1. The quantitative estimate of drug-likeness (QED) is 0.0391.